The van der Waals surface area contributed by atoms with Gasteiger partial charge in [0.1, 0.15) is 0 Å². The summed E-state index contributed by atoms with van der Waals surface area (Å²) in [5.41, 5.74) is 7.36. The van der Waals surface area contributed by atoms with E-state index in [4.69, 9.17) is 5.73 Å². The number of aryl methyl sites for hydroxylation is 1. The van der Waals surface area contributed by atoms with Gasteiger partial charge in [-0.15, -0.1) is 0 Å². The van der Waals surface area contributed by atoms with Crippen molar-refractivity contribution in [3.63, 3.8) is 0 Å². The van der Waals surface area contributed by atoms with Crippen molar-refractivity contribution in [2.75, 3.05) is 0 Å². The molecule has 1 rings (SSSR count). The van der Waals surface area contributed by atoms with E-state index in [2.05, 4.69) is 22.5 Å². The van der Waals surface area contributed by atoms with E-state index in [1.165, 1.54) is 0 Å². The summed E-state index contributed by atoms with van der Waals surface area (Å²) in [4.78, 5) is 4.13. The minimum atomic E-state index is 0.315. The molecule has 12 heavy (non-hydrogen) atoms. The molecule has 1 aromatic rings. The number of pyridine rings is 1. The fourth-order valence-corrected chi connectivity index (χ4v) is 0.864. The first-order chi connectivity index (χ1) is 5.68. The molecule has 1 aromatic heterocycles. The smallest absolute Gasteiger partial charge is 0.163 e. The molecule has 0 aromatic carbocycles. The minimum absolute atomic E-state index is 0.315. The van der Waals surface area contributed by atoms with Crippen molar-refractivity contribution in [1.82, 2.24) is 10.3 Å². The zero-order valence-corrected chi connectivity index (χ0v) is 7.69. The van der Waals surface area contributed by atoms with Gasteiger partial charge in [0.2, 0.25) is 0 Å². The van der Waals surface area contributed by atoms with E-state index in [0.717, 1.165) is 11.3 Å². The quantitative estimate of drug-likeness (QED) is 0.660. The van der Waals surface area contributed by atoms with Gasteiger partial charge in [0.25, 0.3) is 0 Å². The second-order valence-corrected chi connectivity index (χ2v) is 2.97. The predicted octanol–water partition coefficient (Wildman–Crippen LogP) is 0.723. The lowest BCUT2D eigenvalue weighted by Gasteiger charge is -2.02. The molecule has 64 valence electrons. The van der Waals surface area contributed by atoms with Gasteiger partial charge in [-0.25, -0.2) is 0 Å². The van der Waals surface area contributed by atoms with E-state index >= 15 is 0 Å². The van der Waals surface area contributed by atoms with Gasteiger partial charge in [0, 0.05) is 18.4 Å². The molecular formula is C8H11N3S. The van der Waals surface area contributed by atoms with Gasteiger partial charge in [0.05, 0.1) is 0 Å². The van der Waals surface area contributed by atoms with Gasteiger partial charge in [-0.1, -0.05) is 6.07 Å². The highest BCUT2D eigenvalue weighted by Gasteiger charge is 1.92. The summed E-state index contributed by atoms with van der Waals surface area (Å²) in [5.74, 6) is 0. The van der Waals surface area contributed by atoms with E-state index in [9.17, 15) is 0 Å². The molecule has 3 N–H and O–H groups in total. The molecule has 0 aliphatic carbocycles. The number of nitrogens with one attached hydrogen (secondary N) is 1. The van der Waals surface area contributed by atoms with Crippen LogP contribution < -0.4 is 11.1 Å². The molecular weight excluding hydrogens is 170 g/mol. The molecule has 0 saturated heterocycles. The van der Waals surface area contributed by atoms with Gasteiger partial charge in [-0.05, 0) is 30.8 Å². The monoisotopic (exact) mass is 181 g/mol. The summed E-state index contributed by atoms with van der Waals surface area (Å²) >= 11 is 4.67. The van der Waals surface area contributed by atoms with Gasteiger partial charge in [0.15, 0.2) is 5.11 Å². The Bertz CT molecular complexity index is 268. The molecule has 0 radical (unpaired) electrons. The number of hydrogen-bond donors (Lipinski definition) is 2. The summed E-state index contributed by atoms with van der Waals surface area (Å²) in [5, 5.41) is 3.17. The fraction of sp³-hybridized carbons (Fsp3) is 0.250. The Hall–Kier alpha value is -1.16. The molecule has 1 heterocycles. The highest BCUT2D eigenvalue weighted by atomic mass is 32.1. The van der Waals surface area contributed by atoms with Crippen LogP contribution in [0.1, 0.15) is 11.3 Å². The average Bonchev–Trinajstić information content (AvgIpc) is 2.03. The van der Waals surface area contributed by atoms with E-state index < -0.39 is 0 Å². The zero-order valence-electron chi connectivity index (χ0n) is 6.87. The lowest BCUT2D eigenvalue weighted by atomic mass is 10.2. The van der Waals surface area contributed by atoms with Crippen LogP contribution in [0, 0.1) is 6.92 Å². The maximum Gasteiger partial charge on any atom is 0.163 e. The minimum Gasteiger partial charge on any atom is -0.376 e. The standard InChI is InChI=1S/C8H11N3S/c1-6-2-3-7(4-10-6)5-11-8(9)12/h2-4H,5H2,1H3,(H3,9,11,12). The second kappa shape index (κ2) is 4.01. The first kappa shape index (κ1) is 8.93. The number of hydrogen-bond acceptors (Lipinski definition) is 2. The van der Waals surface area contributed by atoms with E-state index in [1.54, 1.807) is 6.20 Å². The summed E-state index contributed by atoms with van der Waals surface area (Å²) in [6, 6.07) is 3.95. The number of rotatable bonds is 2. The maximum atomic E-state index is 5.27. The van der Waals surface area contributed by atoms with Crippen LogP contribution in [-0.4, -0.2) is 10.1 Å². The molecule has 0 fully saturated rings. The van der Waals surface area contributed by atoms with Gasteiger partial charge < -0.3 is 11.1 Å². The Labute approximate surface area is 77.0 Å². The number of thiocarbonyl (C=S) groups is 1. The highest BCUT2D eigenvalue weighted by Crippen LogP contribution is 1.97. The normalized spacial score (nSPS) is 9.42. The van der Waals surface area contributed by atoms with Crippen molar-refractivity contribution in [3.05, 3.63) is 29.6 Å². The van der Waals surface area contributed by atoms with E-state index in [-0.39, 0.29) is 0 Å². The van der Waals surface area contributed by atoms with Crippen molar-refractivity contribution in [2.45, 2.75) is 13.5 Å². The molecule has 0 atom stereocenters. The van der Waals surface area contributed by atoms with Crippen LogP contribution in [0.4, 0.5) is 0 Å². The third-order valence-corrected chi connectivity index (χ3v) is 1.58. The topological polar surface area (TPSA) is 50.9 Å². The SMILES string of the molecule is Cc1ccc(CNC(N)=S)cn1. The van der Waals surface area contributed by atoms with Gasteiger partial charge in [-0.3, -0.25) is 4.98 Å². The molecule has 0 spiro atoms. The van der Waals surface area contributed by atoms with E-state index in [0.29, 0.717) is 11.7 Å². The Morgan fingerprint density at radius 1 is 1.67 bits per heavy atom. The predicted molar refractivity (Wildman–Crippen MR) is 52.6 cm³/mol. The van der Waals surface area contributed by atoms with Crippen LogP contribution in [0.15, 0.2) is 18.3 Å². The molecule has 0 amide bonds. The van der Waals surface area contributed by atoms with Crippen molar-refractivity contribution in [1.29, 1.82) is 0 Å². The number of nitrogens with two attached hydrogens (primary N) is 1. The van der Waals surface area contributed by atoms with Gasteiger partial charge in [-0.2, -0.15) is 0 Å². The molecule has 0 aliphatic heterocycles. The first-order valence-electron chi connectivity index (χ1n) is 3.63. The second-order valence-electron chi connectivity index (χ2n) is 2.53. The van der Waals surface area contributed by atoms with E-state index in [1.807, 2.05) is 19.1 Å². The number of nitrogens with zero attached hydrogens (tertiary/aromatic N) is 1. The lowest BCUT2D eigenvalue weighted by Crippen LogP contribution is -2.28. The molecule has 0 bridgehead atoms. The summed E-state index contributed by atoms with van der Waals surface area (Å²) in [6.45, 7) is 2.59. The van der Waals surface area contributed by atoms with Crippen molar-refractivity contribution >= 4 is 17.3 Å². The van der Waals surface area contributed by atoms with Crippen molar-refractivity contribution < 1.29 is 0 Å². The number of aromatic nitrogens is 1. The summed E-state index contributed by atoms with van der Waals surface area (Å²) in [6.07, 6.45) is 1.81. The average molecular weight is 181 g/mol. The van der Waals surface area contributed by atoms with Crippen molar-refractivity contribution in [3.8, 4) is 0 Å². The Balaban J connectivity index is 2.53. The Kier molecular flexibility index (Phi) is 2.99. The van der Waals surface area contributed by atoms with Crippen LogP contribution in [0.3, 0.4) is 0 Å². The lowest BCUT2D eigenvalue weighted by molar-refractivity contribution is 0.908. The van der Waals surface area contributed by atoms with Crippen LogP contribution in [0.2, 0.25) is 0 Å². The largest absolute Gasteiger partial charge is 0.376 e. The molecule has 0 unspecified atom stereocenters. The van der Waals surface area contributed by atoms with Crippen LogP contribution >= 0.6 is 12.2 Å². The van der Waals surface area contributed by atoms with Gasteiger partial charge >= 0.3 is 0 Å². The van der Waals surface area contributed by atoms with Crippen LogP contribution in [-0.2, 0) is 6.54 Å². The third-order valence-electron chi connectivity index (χ3n) is 1.44. The molecule has 4 heteroatoms. The summed E-state index contributed by atoms with van der Waals surface area (Å²) < 4.78 is 0. The van der Waals surface area contributed by atoms with Crippen molar-refractivity contribution in [2.24, 2.45) is 5.73 Å². The van der Waals surface area contributed by atoms with Crippen LogP contribution in [0.25, 0.3) is 0 Å². The first-order valence-corrected chi connectivity index (χ1v) is 4.04. The zero-order chi connectivity index (χ0) is 8.97. The molecule has 3 nitrogen and oxygen atoms in total. The third kappa shape index (κ3) is 2.84. The Morgan fingerprint density at radius 3 is 2.92 bits per heavy atom. The molecule has 0 saturated carbocycles. The maximum absolute atomic E-state index is 5.27. The highest BCUT2D eigenvalue weighted by molar-refractivity contribution is 7.80. The van der Waals surface area contributed by atoms with Crippen LogP contribution in [0.5, 0.6) is 0 Å². The Morgan fingerprint density at radius 2 is 2.42 bits per heavy atom. The summed E-state index contributed by atoms with van der Waals surface area (Å²) in [7, 11) is 0. The fourth-order valence-electron chi connectivity index (χ4n) is 0.792. The molecule has 0 aliphatic rings.